The van der Waals surface area contributed by atoms with Crippen molar-refractivity contribution in [1.29, 1.82) is 0 Å². The van der Waals surface area contributed by atoms with E-state index in [1.807, 2.05) is 17.4 Å². The van der Waals surface area contributed by atoms with Crippen LogP contribution in [0.5, 0.6) is 0 Å². The quantitative estimate of drug-likeness (QED) is 0.550. The lowest BCUT2D eigenvalue weighted by atomic mass is 9.78. The number of nitrogens with one attached hydrogen (secondary N) is 1. The summed E-state index contributed by atoms with van der Waals surface area (Å²) in [5, 5.41) is 4.25. The third-order valence-electron chi connectivity index (χ3n) is 4.50. The predicted molar refractivity (Wildman–Crippen MR) is 98.4 cm³/mol. The van der Waals surface area contributed by atoms with Crippen molar-refractivity contribution in [3.05, 3.63) is 56.9 Å². The van der Waals surface area contributed by atoms with E-state index >= 15 is 0 Å². The number of aryl methyl sites for hydroxylation is 1. The molecule has 116 valence electrons. The molecule has 22 heavy (non-hydrogen) atoms. The molecule has 3 rings (SSSR count). The number of halogens is 1. The Morgan fingerprint density at radius 2 is 2.05 bits per heavy atom. The Kier molecular flexibility index (Phi) is 4.09. The fourth-order valence-electron chi connectivity index (χ4n) is 3.56. The van der Waals surface area contributed by atoms with Crippen molar-refractivity contribution in [3.63, 3.8) is 0 Å². The van der Waals surface area contributed by atoms with Gasteiger partial charge in [-0.05, 0) is 65.4 Å². The molecule has 0 aliphatic heterocycles. The lowest BCUT2D eigenvalue weighted by molar-refractivity contribution is 0.446. The molecule has 1 nitrogen and oxygen atoms in total. The molecule has 0 aliphatic rings. The van der Waals surface area contributed by atoms with Crippen LogP contribution in [0.2, 0.25) is 5.02 Å². The minimum absolute atomic E-state index is 0.180. The van der Waals surface area contributed by atoms with Crippen LogP contribution in [-0.4, -0.2) is 4.98 Å². The van der Waals surface area contributed by atoms with Crippen molar-refractivity contribution in [1.82, 2.24) is 4.98 Å². The Bertz CT molecular complexity index is 797. The average Bonchev–Trinajstić information content (AvgIpc) is 3.04. The fraction of sp³-hybridized carbons (Fsp3) is 0.368. The summed E-state index contributed by atoms with van der Waals surface area (Å²) in [5.74, 6) is 0.476. The van der Waals surface area contributed by atoms with Crippen molar-refractivity contribution in [2.45, 2.75) is 45.4 Å². The average molecular weight is 332 g/mol. The standard InChI is InChI=1S/C19H22ClNS/c1-12-7-8-22-18(12)19(3,4)10-13(2)16-11-21-17-6-5-14(20)9-15(16)17/h5-9,11,13,21H,10H2,1-4H3. The Morgan fingerprint density at radius 1 is 1.27 bits per heavy atom. The van der Waals surface area contributed by atoms with E-state index in [1.165, 1.54) is 21.4 Å². The second kappa shape index (κ2) is 5.75. The maximum atomic E-state index is 6.18. The van der Waals surface area contributed by atoms with Crippen molar-refractivity contribution >= 4 is 33.8 Å². The van der Waals surface area contributed by atoms with E-state index in [2.05, 4.69) is 62.5 Å². The number of hydrogen-bond donors (Lipinski definition) is 1. The minimum atomic E-state index is 0.180. The first-order valence-electron chi connectivity index (χ1n) is 7.69. The van der Waals surface area contributed by atoms with Crippen LogP contribution in [0.3, 0.4) is 0 Å². The van der Waals surface area contributed by atoms with Crippen LogP contribution >= 0.6 is 22.9 Å². The van der Waals surface area contributed by atoms with E-state index in [-0.39, 0.29) is 5.41 Å². The molecule has 0 bridgehead atoms. The van der Waals surface area contributed by atoms with Gasteiger partial charge in [0.15, 0.2) is 0 Å². The highest BCUT2D eigenvalue weighted by Gasteiger charge is 2.27. The summed E-state index contributed by atoms with van der Waals surface area (Å²) in [7, 11) is 0. The molecule has 0 fully saturated rings. The SMILES string of the molecule is Cc1ccsc1C(C)(C)CC(C)c1c[nH]c2ccc(Cl)cc12. The maximum absolute atomic E-state index is 6.18. The van der Waals surface area contributed by atoms with E-state index in [0.717, 1.165) is 17.0 Å². The molecule has 1 aromatic carbocycles. The van der Waals surface area contributed by atoms with Crippen molar-refractivity contribution < 1.29 is 0 Å². The minimum Gasteiger partial charge on any atom is -0.361 e. The van der Waals surface area contributed by atoms with Gasteiger partial charge in [0.1, 0.15) is 0 Å². The molecule has 0 aliphatic carbocycles. The zero-order valence-electron chi connectivity index (χ0n) is 13.5. The number of H-pyrrole nitrogens is 1. The van der Waals surface area contributed by atoms with Crippen LogP contribution in [0.15, 0.2) is 35.8 Å². The number of benzene rings is 1. The molecule has 0 amide bonds. The summed E-state index contributed by atoms with van der Waals surface area (Å²) in [4.78, 5) is 4.87. The van der Waals surface area contributed by atoms with Crippen molar-refractivity contribution in [2.24, 2.45) is 0 Å². The molecule has 2 aromatic heterocycles. The van der Waals surface area contributed by atoms with E-state index in [4.69, 9.17) is 11.6 Å². The molecule has 0 saturated carbocycles. The Hall–Kier alpha value is -1.25. The third kappa shape index (κ3) is 2.82. The summed E-state index contributed by atoms with van der Waals surface area (Å²) in [6.07, 6.45) is 3.26. The summed E-state index contributed by atoms with van der Waals surface area (Å²) in [6, 6.07) is 8.29. The number of thiophene rings is 1. The molecule has 1 atom stereocenters. The highest BCUT2D eigenvalue weighted by Crippen LogP contribution is 2.40. The fourth-order valence-corrected chi connectivity index (χ4v) is 4.79. The molecule has 0 saturated heterocycles. The largest absolute Gasteiger partial charge is 0.361 e. The van der Waals surface area contributed by atoms with Gasteiger partial charge in [0, 0.05) is 27.0 Å². The molecule has 0 spiro atoms. The first-order valence-corrected chi connectivity index (χ1v) is 8.95. The highest BCUT2D eigenvalue weighted by molar-refractivity contribution is 7.10. The van der Waals surface area contributed by atoms with E-state index in [9.17, 15) is 0 Å². The van der Waals surface area contributed by atoms with Gasteiger partial charge >= 0.3 is 0 Å². The second-order valence-corrected chi connectivity index (χ2v) is 8.21. The van der Waals surface area contributed by atoms with Gasteiger partial charge < -0.3 is 4.98 Å². The summed E-state index contributed by atoms with van der Waals surface area (Å²) in [5.41, 5.74) is 4.11. The van der Waals surface area contributed by atoms with Gasteiger partial charge in [-0.25, -0.2) is 0 Å². The maximum Gasteiger partial charge on any atom is 0.0457 e. The zero-order chi connectivity index (χ0) is 15.9. The molecule has 3 aromatic rings. The lowest BCUT2D eigenvalue weighted by Gasteiger charge is -2.28. The monoisotopic (exact) mass is 331 g/mol. The molecule has 2 heterocycles. The van der Waals surface area contributed by atoms with Gasteiger partial charge in [0.2, 0.25) is 0 Å². The zero-order valence-corrected chi connectivity index (χ0v) is 15.1. The topological polar surface area (TPSA) is 15.8 Å². The summed E-state index contributed by atoms with van der Waals surface area (Å²) < 4.78 is 0. The Morgan fingerprint density at radius 3 is 2.73 bits per heavy atom. The normalized spacial score (nSPS) is 13.7. The molecular formula is C19H22ClNS. The van der Waals surface area contributed by atoms with Crippen molar-refractivity contribution in [3.8, 4) is 0 Å². The molecule has 1 N–H and O–H groups in total. The smallest absolute Gasteiger partial charge is 0.0457 e. The summed E-state index contributed by atoms with van der Waals surface area (Å²) >= 11 is 8.05. The lowest BCUT2D eigenvalue weighted by Crippen LogP contribution is -2.19. The molecule has 1 unspecified atom stereocenters. The number of rotatable bonds is 4. The van der Waals surface area contributed by atoms with Gasteiger partial charge in [0.25, 0.3) is 0 Å². The van der Waals surface area contributed by atoms with Crippen LogP contribution in [0, 0.1) is 6.92 Å². The molecule has 0 radical (unpaired) electrons. The molecule has 3 heteroatoms. The van der Waals surface area contributed by atoms with E-state index in [0.29, 0.717) is 5.92 Å². The van der Waals surface area contributed by atoms with Crippen LogP contribution in [0.25, 0.3) is 10.9 Å². The highest BCUT2D eigenvalue weighted by atomic mass is 35.5. The number of aromatic amines is 1. The Balaban J connectivity index is 1.91. The van der Waals surface area contributed by atoms with Gasteiger partial charge in [-0.2, -0.15) is 0 Å². The van der Waals surface area contributed by atoms with Crippen LogP contribution in [-0.2, 0) is 5.41 Å². The second-order valence-electron chi connectivity index (χ2n) is 6.86. The van der Waals surface area contributed by atoms with Gasteiger partial charge in [-0.1, -0.05) is 32.4 Å². The number of aromatic nitrogens is 1. The van der Waals surface area contributed by atoms with Crippen LogP contribution in [0.4, 0.5) is 0 Å². The van der Waals surface area contributed by atoms with Crippen LogP contribution < -0.4 is 0 Å². The predicted octanol–water partition coefficient (Wildman–Crippen LogP) is 6.66. The number of hydrogen-bond acceptors (Lipinski definition) is 1. The number of fused-ring (bicyclic) bond motifs is 1. The Labute approximate surface area is 141 Å². The third-order valence-corrected chi connectivity index (χ3v) is 6.12. The van der Waals surface area contributed by atoms with Crippen molar-refractivity contribution in [2.75, 3.05) is 0 Å². The van der Waals surface area contributed by atoms with Gasteiger partial charge in [-0.15, -0.1) is 11.3 Å². The first-order chi connectivity index (χ1) is 10.4. The molecular weight excluding hydrogens is 310 g/mol. The first kappa shape index (κ1) is 15.6. The van der Waals surface area contributed by atoms with Gasteiger partial charge in [0.05, 0.1) is 0 Å². The summed E-state index contributed by atoms with van der Waals surface area (Å²) in [6.45, 7) is 9.23. The van der Waals surface area contributed by atoms with E-state index in [1.54, 1.807) is 0 Å². The van der Waals surface area contributed by atoms with E-state index < -0.39 is 0 Å². The van der Waals surface area contributed by atoms with Gasteiger partial charge in [-0.3, -0.25) is 0 Å². The van der Waals surface area contributed by atoms with Crippen LogP contribution in [0.1, 0.15) is 49.1 Å².